The fraction of sp³-hybridized carbons (Fsp3) is 0.238. The van der Waals surface area contributed by atoms with Crippen molar-refractivity contribution in [2.24, 2.45) is 0 Å². The minimum absolute atomic E-state index is 0.282. The number of anilines is 1. The van der Waals surface area contributed by atoms with Crippen LogP contribution in [-0.4, -0.2) is 31.8 Å². The van der Waals surface area contributed by atoms with Crippen LogP contribution in [0.3, 0.4) is 0 Å². The minimum atomic E-state index is -0.434. The van der Waals surface area contributed by atoms with Gasteiger partial charge in [0.1, 0.15) is 17.1 Å². The highest BCUT2D eigenvalue weighted by Crippen LogP contribution is 2.38. The van der Waals surface area contributed by atoms with Crippen LogP contribution in [0.25, 0.3) is 10.9 Å². The van der Waals surface area contributed by atoms with E-state index in [1.165, 1.54) is 6.20 Å². The summed E-state index contributed by atoms with van der Waals surface area (Å²) in [4.78, 5) is 17.0. The van der Waals surface area contributed by atoms with Crippen molar-refractivity contribution in [2.75, 3.05) is 26.1 Å². The number of hydrogen-bond donors (Lipinski definition) is 1. The molecule has 0 saturated carbocycles. The molecule has 0 spiro atoms. The molecule has 0 radical (unpaired) electrons. The number of hydrogen-bond acceptors (Lipinski definition) is 6. The summed E-state index contributed by atoms with van der Waals surface area (Å²) in [5.74, 6) is 0.973. The number of nitrogens with zero attached hydrogens (tertiary/aromatic N) is 1. The first-order chi connectivity index (χ1) is 13.6. The summed E-state index contributed by atoms with van der Waals surface area (Å²) in [6.45, 7) is 2.56. The Morgan fingerprint density at radius 1 is 1.11 bits per heavy atom. The van der Waals surface area contributed by atoms with Gasteiger partial charge in [-0.2, -0.15) is 0 Å². The number of rotatable bonds is 7. The Labute approximate surface area is 171 Å². The summed E-state index contributed by atoms with van der Waals surface area (Å²) in [5.41, 5.74) is 2.72. The molecule has 0 fully saturated rings. The molecule has 28 heavy (non-hydrogen) atoms. The average molecular weight is 445 g/mol. The lowest BCUT2D eigenvalue weighted by molar-refractivity contribution is 0.0527. The number of benzene rings is 2. The van der Waals surface area contributed by atoms with E-state index in [0.717, 1.165) is 21.2 Å². The van der Waals surface area contributed by atoms with Crippen LogP contribution in [0.1, 0.15) is 22.8 Å². The van der Waals surface area contributed by atoms with Gasteiger partial charge < -0.3 is 19.5 Å². The molecule has 0 amide bonds. The molecular formula is C21H21BrN2O4. The second kappa shape index (κ2) is 8.93. The van der Waals surface area contributed by atoms with Gasteiger partial charge in [-0.1, -0.05) is 12.1 Å². The summed E-state index contributed by atoms with van der Waals surface area (Å²) in [6.07, 6.45) is 1.53. The van der Waals surface area contributed by atoms with Crippen LogP contribution >= 0.6 is 15.9 Å². The molecule has 2 aromatic carbocycles. The third-order valence-electron chi connectivity index (χ3n) is 4.28. The Morgan fingerprint density at radius 3 is 2.50 bits per heavy atom. The molecule has 0 atom stereocenters. The van der Waals surface area contributed by atoms with Crippen LogP contribution in [0.2, 0.25) is 0 Å². The smallest absolute Gasteiger partial charge is 0.341 e. The summed E-state index contributed by atoms with van der Waals surface area (Å²) in [5, 5.41) is 4.09. The van der Waals surface area contributed by atoms with E-state index >= 15 is 0 Å². The number of carbonyl (C=O) groups is 1. The highest BCUT2D eigenvalue weighted by molar-refractivity contribution is 9.10. The number of esters is 1. The van der Waals surface area contributed by atoms with Crippen LogP contribution in [0.5, 0.6) is 11.5 Å². The Morgan fingerprint density at radius 2 is 1.86 bits per heavy atom. The van der Waals surface area contributed by atoms with E-state index in [1.807, 2.05) is 36.4 Å². The number of carbonyl (C=O) groups excluding carboxylic acids is 1. The minimum Gasteiger partial charge on any atom is -0.497 e. The Balaban J connectivity index is 2.08. The first kappa shape index (κ1) is 19.9. The zero-order chi connectivity index (χ0) is 20.1. The SMILES string of the molecule is CCOC(=O)c1cnc2c(Br)ccc(OC)c2c1NCc1ccc(OC)cc1. The van der Waals surface area contributed by atoms with Gasteiger partial charge in [-0.25, -0.2) is 4.79 Å². The van der Waals surface area contributed by atoms with Crippen molar-refractivity contribution in [1.82, 2.24) is 4.98 Å². The van der Waals surface area contributed by atoms with E-state index in [0.29, 0.717) is 29.1 Å². The molecule has 6 nitrogen and oxygen atoms in total. The van der Waals surface area contributed by atoms with Gasteiger partial charge in [-0.3, -0.25) is 4.98 Å². The van der Waals surface area contributed by atoms with Crippen LogP contribution in [0, 0.1) is 0 Å². The van der Waals surface area contributed by atoms with E-state index in [4.69, 9.17) is 14.2 Å². The molecule has 7 heteroatoms. The van der Waals surface area contributed by atoms with Gasteiger partial charge in [0.25, 0.3) is 0 Å². The van der Waals surface area contributed by atoms with Crippen LogP contribution in [0.4, 0.5) is 5.69 Å². The number of ether oxygens (including phenoxy) is 3. The summed E-state index contributed by atoms with van der Waals surface area (Å²) < 4.78 is 16.8. The van der Waals surface area contributed by atoms with Crippen LogP contribution in [-0.2, 0) is 11.3 Å². The third kappa shape index (κ3) is 4.04. The van der Waals surface area contributed by atoms with Crippen LogP contribution < -0.4 is 14.8 Å². The molecule has 0 unspecified atom stereocenters. The number of fused-ring (bicyclic) bond motifs is 1. The van der Waals surface area contributed by atoms with Gasteiger partial charge >= 0.3 is 5.97 Å². The predicted octanol–water partition coefficient (Wildman–Crippen LogP) is 4.80. The molecule has 1 aromatic heterocycles. The third-order valence-corrected chi connectivity index (χ3v) is 4.92. The molecule has 0 aliphatic rings. The van der Waals surface area contributed by atoms with Crippen molar-refractivity contribution in [3.8, 4) is 11.5 Å². The van der Waals surface area contributed by atoms with Crippen molar-refractivity contribution in [3.63, 3.8) is 0 Å². The van der Waals surface area contributed by atoms with E-state index in [-0.39, 0.29) is 6.61 Å². The predicted molar refractivity (Wildman–Crippen MR) is 112 cm³/mol. The lowest BCUT2D eigenvalue weighted by Gasteiger charge is -2.17. The standard InChI is InChI=1S/C21H21BrN2O4/c1-4-28-21(25)15-12-24-20-16(22)9-10-17(27-3)18(20)19(15)23-11-13-5-7-14(26-2)8-6-13/h5-10,12H,4,11H2,1-3H3,(H,23,24). The van der Waals surface area contributed by atoms with Crippen molar-refractivity contribution >= 4 is 38.5 Å². The Kier molecular flexibility index (Phi) is 6.36. The molecule has 3 aromatic rings. The maximum Gasteiger partial charge on any atom is 0.341 e. The summed E-state index contributed by atoms with van der Waals surface area (Å²) in [7, 11) is 3.22. The zero-order valence-corrected chi connectivity index (χ0v) is 17.5. The number of aromatic nitrogens is 1. The zero-order valence-electron chi connectivity index (χ0n) is 15.9. The van der Waals surface area contributed by atoms with Gasteiger partial charge in [0.2, 0.25) is 0 Å². The fourth-order valence-corrected chi connectivity index (χ4v) is 3.33. The fourth-order valence-electron chi connectivity index (χ4n) is 2.89. The molecule has 0 saturated heterocycles. The lowest BCUT2D eigenvalue weighted by Crippen LogP contribution is -2.11. The van der Waals surface area contributed by atoms with E-state index in [2.05, 4.69) is 26.2 Å². The van der Waals surface area contributed by atoms with Crippen LogP contribution in [0.15, 0.2) is 47.1 Å². The van der Waals surface area contributed by atoms with E-state index in [9.17, 15) is 4.79 Å². The quantitative estimate of drug-likeness (QED) is 0.527. The first-order valence-electron chi connectivity index (χ1n) is 8.78. The van der Waals surface area contributed by atoms with Gasteiger partial charge in [0, 0.05) is 17.2 Å². The van der Waals surface area contributed by atoms with E-state index < -0.39 is 5.97 Å². The lowest BCUT2D eigenvalue weighted by atomic mass is 10.1. The first-order valence-corrected chi connectivity index (χ1v) is 9.57. The monoisotopic (exact) mass is 444 g/mol. The Bertz CT molecular complexity index is 990. The number of pyridine rings is 1. The highest BCUT2D eigenvalue weighted by atomic mass is 79.9. The highest BCUT2D eigenvalue weighted by Gasteiger charge is 2.20. The van der Waals surface area contributed by atoms with Gasteiger partial charge in [-0.05, 0) is 52.7 Å². The Hall–Kier alpha value is -2.80. The van der Waals surface area contributed by atoms with Gasteiger partial charge in [0.15, 0.2) is 0 Å². The molecular weight excluding hydrogens is 424 g/mol. The number of nitrogens with one attached hydrogen (secondary N) is 1. The summed E-state index contributed by atoms with van der Waals surface area (Å²) in [6, 6.07) is 11.4. The molecule has 3 rings (SSSR count). The number of methoxy groups -OCH3 is 2. The normalized spacial score (nSPS) is 10.6. The van der Waals surface area contributed by atoms with Gasteiger partial charge in [-0.15, -0.1) is 0 Å². The second-order valence-corrected chi connectivity index (χ2v) is 6.80. The molecule has 1 N–H and O–H groups in total. The second-order valence-electron chi connectivity index (χ2n) is 5.94. The molecule has 146 valence electrons. The maximum atomic E-state index is 12.5. The molecule has 0 aliphatic heterocycles. The molecule has 0 aliphatic carbocycles. The number of halogens is 1. The molecule has 0 bridgehead atoms. The van der Waals surface area contributed by atoms with Crippen molar-refractivity contribution in [2.45, 2.75) is 13.5 Å². The van der Waals surface area contributed by atoms with Crippen molar-refractivity contribution in [1.29, 1.82) is 0 Å². The van der Waals surface area contributed by atoms with Gasteiger partial charge in [0.05, 0.1) is 37.4 Å². The topological polar surface area (TPSA) is 69.7 Å². The average Bonchev–Trinajstić information content (AvgIpc) is 2.72. The van der Waals surface area contributed by atoms with Crippen molar-refractivity contribution < 1.29 is 19.0 Å². The van der Waals surface area contributed by atoms with Crippen molar-refractivity contribution in [3.05, 3.63) is 58.2 Å². The summed E-state index contributed by atoms with van der Waals surface area (Å²) >= 11 is 3.52. The van der Waals surface area contributed by atoms with E-state index in [1.54, 1.807) is 21.1 Å². The maximum absolute atomic E-state index is 12.5. The largest absolute Gasteiger partial charge is 0.497 e. The molecule has 1 heterocycles.